The molecule has 0 atom stereocenters. The Kier molecular flexibility index (Phi) is 6.42. The molecular weight excluding hydrogens is 287 g/mol. The number of hydrogen-bond donors (Lipinski definition) is 1. The lowest BCUT2D eigenvalue weighted by Crippen LogP contribution is -2.47. The molecule has 1 aromatic rings. The summed E-state index contributed by atoms with van der Waals surface area (Å²) in [5.41, 5.74) is 0.868. The van der Waals surface area contributed by atoms with Crippen molar-refractivity contribution in [2.45, 2.75) is 6.92 Å². The number of amides is 1. The van der Waals surface area contributed by atoms with Crippen LogP contribution in [0.1, 0.15) is 5.56 Å². The van der Waals surface area contributed by atoms with Crippen molar-refractivity contribution in [1.29, 1.82) is 0 Å². The lowest BCUT2D eigenvalue weighted by Gasteiger charge is -2.27. The number of halogens is 2. The molecule has 6 heteroatoms. The van der Waals surface area contributed by atoms with Gasteiger partial charge in [0.25, 0.3) is 5.91 Å². The highest BCUT2D eigenvalue weighted by Crippen LogP contribution is 2.24. The van der Waals surface area contributed by atoms with E-state index in [4.69, 9.17) is 16.3 Å². The molecule has 4 nitrogen and oxygen atoms in total. The lowest BCUT2D eigenvalue weighted by molar-refractivity contribution is -0.133. The molecule has 0 unspecified atom stereocenters. The Hall–Kier alpha value is -0.970. The summed E-state index contributed by atoms with van der Waals surface area (Å²) < 4.78 is 5.54. The Balaban J connectivity index is 0.00000180. The predicted octanol–water partition coefficient (Wildman–Crippen LogP) is 1.88. The topological polar surface area (TPSA) is 41.6 Å². The molecule has 0 bridgehead atoms. The summed E-state index contributed by atoms with van der Waals surface area (Å²) in [5, 5.41) is 3.86. The van der Waals surface area contributed by atoms with Gasteiger partial charge in [-0.15, -0.1) is 12.4 Å². The van der Waals surface area contributed by atoms with Crippen LogP contribution in [0.5, 0.6) is 5.75 Å². The second-order valence-electron chi connectivity index (χ2n) is 4.28. The second kappa shape index (κ2) is 7.58. The number of rotatable bonds is 3. The van der Waals surface area contributed by atoms with Crippen molar-refractivity contribution in [2.75, 3.05) is 32.8 Å². The minimum Gasteiger partial charge on any atom is -0.483 e. The standard InChI is InChI=1S/C13H17ClN2O2.ClH/c1-10-11(14)3-2-4-12(10)18-9-13(17)16-7-5-15-6-8-16;/h2-4,15H,5-9H2,1H3;1H. The van der Waals surface area contributed by atoms with Crippen LogP contribution in [0, 0.1) is 6.92 Å². The first-order valence-electron chi connectivity index (χ1n) is 6.05. The Morgan fingerprint density at radius 1 is 1.42 bits per heavy atom. The van der Waals surface area contributed by atoms with Gasteiger partial charge in [-0.05, 0) is 19.1 Å². The quantitative estimate of drug-likeness (QED) is 0.927. The van der Waals surface area contributed by atoms with Crippen molar-refractivity contribution in [3.05, 3.63) is 28.8 Å². The number of nitrogens with one attached hydrogen (secondary N) is 1. The fraction of sp³-hybridized carbons (Fsp3) is 0.462. The molecule has 1 aliphatic heterocycles. The molecule has 1 N–H and O–H groups in total. The molecule has 1 fully saturated rings. The lowest BCUT2D eigenvalue weighted by atomic mass is 10.2. The predicted molar refractivity (Wildman–Crippen MR) is 78.4 cm³/mol. The highest BCUT2D eigenvalue weighted by atomic mass is 35.5. The van der Waals surface area contributed by atoms with E-state index in [-0.39, 0.29) is 24.9 Å². The number of hydrogen-bond acceptors (Lipinski definition) is 3. The van der Waals surface area contributed by atoms with E-state index in [1.54, 1.807) is 0 Å². The maximum Gasteiger partial charge on any atom is 0.260 e. The SMILES string of the molecule is Cc1c(Cl)cccc1OCC(=O)N1CCNCC1.Cl. The first-order valence-corrected chi connectivity index (χ1v) is 6.42. The van der Waals surface area contributed by atoms with E-state index in [1.165, 1.54) is 0 Å². The molecule has 1 amide bonds. The summed E-state index contributed by atoms with van der Waals surface area (Å²) in [7, 11) is 0. The van der Waals surface area contributed by atoms with Crippen LogP contribution >= 0.6 is 24.0 Å². The summed E-state index contributed by atoms with van der Waals surface area (Å²) in [6.45, 7) is 5.14. The number of nitrogens with zero attached hydrogens (tertiary/aromatic N) is 1. The summed E-state index contributed by atoms with van der Waals surface area (Å²) >= 11 is 5.99. The minimum absolute atomic E-state index is 0. The average molecular weight is 305 g/mol. The summed E-state index contributed by atoms with van der Waals surface area (Å²) in [6.07, 6.45) is 0. The smallest absolute Gasteiger partial charge is 0.260 e. The van der Waals surface area contributed by atoms with Crippen LogP contribution in [-0.2, 0) is 4.79 Å². The largest absolute Gasteiger partial charge is 0.483 e. The molecule has 0 aliphatic carbocycles. The van der Waals surface area contributed by atoms with Gasteiger partial charge in [-0.1, -0.05) is 17.7 Å². The normalized spacial score (nSPS) is 14.7. The number of carbonyl (C=O) groups excluding carboxylic acids is 1. The summed E-state index contributed by atoms with van der Waals surface area (Å²) in [5.74, 6) is 0.696. The fourth-order valence-electron chi connectivity index (χ4n) is 1.89. The van der Waals surface area contributed by atoms with Crippen molar-refractivity contribution in [2.24, 2.45) is 0 Å². The first kappa shape index (κ1) is 16.1. The third-order valence-corrected chi connectivity index (χ3v) is 3.45. The zero-order valence-corrected chi connectivity index (χ0v) is 12.4. The molecule has 19 heavy (non-hydrogen) atoms. The van der Waals surface area contributed by atoms with Gasteiger partial charge >= 0.3 is 0 Å². The van der Waals surface area contributed by atoms with E-state index in [0.717, 1.165) is 31.7 Å². The van der Waals surface area contributed by atoms with Crippen LogP contribution in [0.4, 0.5) is 0 Å². The first-order chi connectivity index (χ1) is 8.68. The second-order valence-corrected chi connectivity index (χ2v) is 4.69. The number of ether oxygens (including phenoxy) is 1. The maximum absolute atomic E-state index is 11.9. The van der Waals surface area contributed by atoms with E-state index in [0.29, 0.717) is 10.8 Å². The van der Waals surface area contributed by atoms with Crippen molar-refractivity contribution < 1.29 is 9.53 Å². The van der Waals surface area contributed by atoms with E-state index in [2.05, 4.69) is 5.32 Å². The Morgan fingerprint density at radius 2 is 2.11 bits per heavy atom. The van der Waals surface area contributed by atoms with Crippen molar-refractivity contribution >= 4 is 29.9 Å². The monoisotopic (exact) mass is 304 g/mol. The third kappa shape index (κ3) is 4.27. The molecule has 0 saturated carbocycles. The molecule has 1 aliphatic rings. The van der Waals surface area contributed by atoms with Gasteiger partial charge in [-0.25, -0.2) is 0 Å². The zero-order valence-electron chi connectivity index (χ0n) is 10.8. The van der Waals surface area contributed by atoms with Gasteiger partial charge in [0, 0.05) is 36.8 Å². The number of benzene rings is 1. The van der Waals surface area contributed by atoms with Crippen molar-refractivity contribution in [3.63, 3.8) is 0 Å². The average Bonchev–Trinajstić information content (AvgIpc) is 2.41. The van der Waals surface area contributed by atoms with E-state index < -0.39 is 0 Å². The number of carbonyl (C=O) groups is 1. The van der Waals surface area contributed by atoms with E-state index in [9.17, 15) is 4.79 Å². The van der Waals surface area contributed by atoms with E-state index in [1.807, 2.05) is 30.0 Å². The number of piperazine rings is 1. The van der Waals surface area contributed by atoms with Gasteiger partial charge in [0.05, 0.1) is 0 Å². The van der Waals surface area contributed by atoms with E-state index >= 15 is 0 Å². The molecule has 0 aromatic heterocycles. The maximum atomic E-state index is 11.9. The molecule has 2 rings (SSSR count). The zero-order chi connectivity index (χ0) is 13.0. The van der Waals surface area contributed by atoms with Crippen LogP contribution in [0.15, 0.2) is 18.2 Å². The van der Waals surface area contributed by atoms with Gasteiger partial charge in [0.1, 0.15) is 5.75 Å². The van der Waals surface area contributed by atoms with Crippen LogP contribution in [0.2, 0.25) is 5.02 Å². The Morgan fingerprint density at radius 3 is 2.79 bits per heavy atom. The summed E-state index contributed by atoms with van der Waals surface area (Å²) in [4.78, 5) is 13.7. The molecule has 0 radical (unpaired) electrons. The molecule has 106 valence electrons. The van der Waals surface area contributed by atoms with Gasteiger partial charge in [0.15, 0.2) is 6.61 Å². The third-order valence-electron chi connectivity index (χ3n) is 3.04. The van der Waals surface area contributed by atoms with Crippen LogP contribution < -0.4 is 10.1 Å². The minimum atomic E-state index is 0. The van der Waals surface area contributed by atoms with Crippen molar-refractivity contribution in [1.82, 2.24) is 10.2 Å². The van der Waals surface area contributed by atoms with Crippen LogP contribution in [-0.4, -0.2) is 43.6 Å². The molecule has 1 aromatic carbocycles. The van der Waals surface area contributed by atoms with Gasteiger partial charge in [-0.3, -0.25) is 4.79 Å². The highest BCUT2D eigenvalue weighted by molar-refractivity contribution is 6.31. The molecule has 0 spiro atoms. The molecule has 1 heterocycles. The fourth-order valence-corrected chi connectivity index (χ4v) is 2.05. The van der Waals surface area contributed by atoms with Gasteiger partial charge in [-0.2, -0.15) is 0 Å². The van der Waals surface area contributed by atoms with Gasteiger partial charge < -0.3 is 15.0 Å². The molecular formula is C13H18Cl2N2O2. The van der Waals surface area contributed by atoms with Gasteiger partial charge in [0.2, 0.25) is 0 Å². The summed E-state index contributed by atoms with van der Waals surface area (Å²) in [6, 6.07) is 5.45. The Labute approximate surface area is 124 Å². The van der Waals surface area contributed by atoms with Crippen LogP contribution in [0.25, 0.3) is 0 Å². The van der Waals surface area contributed by atoms with Crippen molar-refractivity contribution in [3.8, 4) is 5.75 Å². The Bertz CT molecular complexity index is 435. The molecule has 1 saturated heterocycles. The van der Waals surface area contributed by atoms with Crippen LogP contribution in [0.3, 0.4) is 0 Å². The highest BCUT2D eigenvalue weighted by Gasteiger charge is 2.16.